The Labute approximate surface area is 316 Å². The molecule has 3 aromatic carbocycles. The third-order valence-corrected chi connectivity index (χ3v) is 7.93. The number of nitrogens with one attached hydrogen (secondary N) is 1. The molecule has 0 bridgehead atoms. The van der Waals surface area contributed by atoms with Crippen molar-refractivity contribution in [2.24, 2.45) is 0 Å². The highest BCUT2D eigenvalue weighted by Crippen LogP contribution is 2.35. The van der Waals surface area contributed by atoms with E-state index in [1.54, 1.807) is 66.9 Å². The second-order valence-corrected chi connectivity index (χ2v) is 11.5. The van der Waals surface area contributed by atoms with E-state index >= 15 is 0 Å². The number of carbonyl (C=O) groups is 3. The fourth-order valence-electron chi connectivity index (χ4n) is 4.62. The van der Waals surface area contributed by atoms with E-state index in [0.29, 0.717) is 6.61 Å². The lowest BCUT2D eigenvalue weighted by Gasteiger charge is -2.25. The van der Waals surface area contributed by atoms with Gasteiger partial charge in [0.2, 0.25) is 0 Å². The van der Waals surface area contributed by atoms with Gasteiger partial charge in [-0.05, 0) is 43.0 Å². The van der Waals surface area contributed by atoms with Crippen molar-refractivity contribution in [1.29, 1.82) is 0 Å². The molecule has 0 aliphatic carbocycles. The van der Waals surface area contributed by atoms with E-state index in [1.165, 1.54) is 18.9 Å². The number of hydrogen-bond acceptors (Lipinski definition) is 12. The molecule has 53 heavy (non-hydrogen) atoms. The lowest BCUT2D eigenvalue weighted by Crippen LogP contribution is -2.42. The average Bonchev–Trinajstić information content (AvgIpc) is 3.52. The number of hydrogen-bond donors (Lipinski definition) is 2. The Morgan fingerprint density at radius 2 is 1.30 bits per heavy atom. The highest BCUT2D eigenvalue weighted by Gasteiger charge is 2.51. The number of nitrogens with zero attached hydrogens (tertiary/aromatic N) is 1. The summed E-state index contributed by atoms with van der Waals surface area (Å²) in [7, 11) is 0.730. The van der Waals surface area contributed by atoms with Gasteiger partial charge in [0.1, 0.15) is 12.9 Å². The number of aromatic amines is 1. The number of methoxy groups -OCH3 is 1. The molecule has 1 aliphatic rings. The number of aromatic nitrogens is 2. The van der Waals surface area contributed by atoms with Crippen LogP contribution in [0.3, 0.4) is 0 Å². The standard InChI is InChI=1S/C24H22N2O8.C10H15O2P.C2H6.CH2O.CH4S/c1-31-14-17-19(33-22(28)15-8-4-2-5-9-15)20(34-23(29)16-10-6-3-7-11-16)21(32-17)26-13-12-18(27)25-24(26)30;1-3-11-13(2)12-9-10-7-5-4-6-8-10;3*1-2/h2-13,17,19-21H,14H2,1H3,(H,25,27,30);4-8H,3,9H2,1-2H3;1-2H3;1H2;2H,1H3. The molecule has 1 aliphatic heterocycles. The van der Waals surface area contributed by atoms with Gasteiger partial charge in [0.25, 0.3) is 5.56 Å². The van der Waals surface area contributed by atoms with Crippen LogP contribution in [0.25, 0.3) is 0 Å². The molecule has 4 aromatic rings. The molecule has 0 spiro atoms. The molecule has 1 saturated heterocycles. The smallest absolute Gasteiger partial charge is 0.338 e. The Balaban J connectivity index is 0.000000618. The van der Waals surface area contributed by atoms with Crippen LogP contribution in [0, 0.1) is 0 Å². The lowest BCUT2D eigenvalue weighted by atomic mass is 10.1. The number of carbonyl (C=O) groups excluding carboxylic acids is 3. The minimum Gasteiger partial charge on any atom is -0.452 e. The Bertz CT molecular complexity index is 1700. The van der Waals surface area contributed by atoms with Crippen LogP contribution in [0.5, 0.6) is 0 Å². The Hall–Kier alpha value is -4.43. The molecule has 288 valence electrons. The van der Waals surface area contributed by atoms with E-state index in [9.17, 15) is 19.2 Å². The van der Waals surface area contributed by atoms with Crippen LogP contribution >= 0.6 is 21.0 Å². The van der Waals surface area contributed by atoms with Gasteiger partial charge in [-0.25, -0.2) is 14.4 Å². The SMILES string of the molecule is C=O.CC.CCOP(C)OCc1ccccc1.COCC1OC(n2ccc(=O)[nH]c2=O)C(OC(=O)c2ccccc2)C1OC(=O)c1ccccc1.CS. The average molecular weight is 773 g/mol. The van der Waals surface area contributed by atoms with Crippen LogP contribution in [0.4, 0.5) is 0 Å². The fourth-order valence-corrected chi connectivity index (χ4v) is 5.39. The summed E-state index contributed by atoms with van der Waals surface area (Å²) in [5.74, 6) is -1.36. The van der Waals surface area contributed by atoms with Gasteiger partial charge in [0.15, 0.2) is 26.8 Å². The summed E-state index contributed by atoms with van der Waals surface area (Å²) in [6, 6.07) is 27.8. The molecule has 0 radical (unpaired) electrons. The molecule has 5 atom stereocenters. The summed E-state index contributed by atoms with van der Waals surface area (Å²) in [6.45, 7) is 11.3. The molecule has 0 saturated carbocycles. The van der Waals surface area contributed by atoms with Crippen molar-refractivity contribution in [2.45, 2.75) is 51.9 Å². The third kappa shape index (κ3) is 15.6. The molecule has 1 fully saturated rings. The number of thiol groups is 1. The Morgan fingerprint density at radius 3 is 1.77 bits per heavy atom. The van der Waals surface area contributed by atoms with Crippen LogP contribution < -0.4 is 11.2 Å². The van der Waals surface area contributed by atoms with E-state index in [1.807, 2.05) is 52.4 Å². The molecule has 5 unspecified atom stereocenters. The van der Waals surface area contributed by atoms with E-state index in [4.69, 9.17) is 32.8 Å². The van der Waals surface area contributed by atoms with Gasteiger partial charge in [-0.1, -0.05) is 80.6 Å². The number of H-pyrrole nitrogens is 1. The first-order valence-corrected chi connectivity index (χ1v) is 19.1. The van der Waals surface area contributed by atoms with E-state index in [-0.39, 0.29) is 17.7 Å². The minimum atomic E-state index is -1.22. The van der Waals surface area contributed by atoms with Crippen molar-refractivity contribution in [3.8, 4) is 0 Å². The molecule has 2 heterocycles. The molecule has 5 rings (SSSR count). The first kappa shape index (κ1) is 46.6. The lowest BCUT2D eigenvalue weighted by molar-refractivity contribution is -0.0980. The molecule has 13 nitrogen and oxygen atoms in total. The normalized spacial score (nSPS) is 17.3. The topological polar surface area (TPSA) is 161 Å². The van der Waals surface area contributed by atoms with Crippen molar-refractivity contribution >= 4 is 39.7 Å². The molecular weight excluding hydrogens is 723 g/mol. The third-order valence-electron chi connectivity index (χ3n) is 6.81. The van der Waals surface area contributed by atoms with Crippen molar-refractivity contribution in [3.05, 3.63) is 141 Å². The van der Waals surface area contributed by atoms with E-state index in [2.05, 4.69) is 29.7 Å². The van der Waals surface area contributed by atoms with Crippen molar-refractivity contribution in [2.75, 3.05) is 33.2 Å². The first-order chi connectivity index (χ1) is 25.8. The summed E-state index contributed by atoms with van der Waals surface area (Å²) in [6.07, 6.45) is -1.46. The molecule has 1 aromatic heterocycles. The van der Waals surface area contributed by atoms with Gasteiger partial charge in [-0.3, -0.25) is 14.3 Å². The van der Waals surface area contributed by atoms with Gasteiger partial charge in [0, 0.05) is 26.0 Å². The second kappa shape index (κ2) is 27.2. The Kier molecular flexibility index (Phi) is 23.9. The predicted octanol–water partition coefficient (Wildman–Crippen LogP) is 6.10. The molecule has 15 heteroatoms. The van der Waals surface area contributed by atoms with E-state index in [0.717, 1.165) is 17.2 Å². The van der Waals surface area contributed by atoms with E-state index < -0.39 is 56.1 Å². The minimum absolute atomic E-state index is 0.0132. The summed E-state index contributed by atoms with van der Waals surface area (Å²) >= 11 is 3.53. The van der Waals surface area contributed by atoms with Crippen LogP contribution in [0.2, 0.25) is 0 Å². The Morgan fingerprint density at radius 1 is 0.811 bits per heavy atom. The fraction of sp³-hybridized carbons (Fsp3) is 0.342. The van der Waals surface area contributed by atoms with Crippen molar-refractivity contribution in [1.82, 2.24) is 9.55 Å². The van der Waals surface area contributed by atoms with Crippen molar-refractivity contribution in [3.63, 3.8) is 0 Å². The number of rotatable bonds is 12. The summed E-state index contributed by atoms with van der Waals surface area (Å²) in [5.41, 5.74) is 0.369. The summed E-state index contributed by atoms with van der Waals surface area (Å²) in [4.78, 5) is 59.9. The number of ether oxygens (including phenoxy) is 4. The first-order valence-electron chi connectivity index (χ1n) is 16.6. The number of benzene rings is 3. The van der Waals surface area contributed by atoms with Crippen LogP contribution in [-0.4, -0.2) is 79.8 Å². The van der Waals surface area contributed by atoms with Gasteiger partial charge < -0.3 is 32.8 Å². The zero-order valence-corrected chi connectivity index (χ0v) is 32.6. The maximum atomic E-state index is 12.9. The zero-order chi connectivity index (χ0) is 39.6. The maximum Gasteiger partial charge on any atom is 0.338 e. The van der Waals surface area contributed by atoms with Gasteiger partial charge in [-0.2, -0.15) is 12.6 Å². The van der Waals surface area contributed by atoms with Crippen LogP contribution in [0.1, 0.15) is 53.3 Å². The summed E-state index contributed by atoms with van der Waals surface area (Å²) in [5, 5.41) is 0. The maximum absolute atomic E-state index is 12.9. The second-order valence-electron chi connectivity index (χ2n) is 10.1. The van der Waals surface area contributed by atoms with Crippen LogP contribution in [0.15, 0.2) is 113 Å². The van der Waals surface area contributed by atoms with Gasteiger partial charge in [0.05, 0.1) is 30.9 Å². The summed E-state index contributed by atoms with van der Waals surface area (Å²) < 4.78 is 34.5. The predicted molar refractivity (Wildman–Crippen MR) is 207 cm³/mol. The monoisotopic (exact) mass is 772 g/mol. The van der Waals surface area contributed by atoms with Gasteiger partial charge in [-0.15, -0.1) is 0 Å². The number of esters is 2. The molecule has 1 N–H and O–H groups in total. The highest BCUT2D eigenvalue weighted by atomic mass is 32.1. The zero-order valence-electron chi connectivity index (χ0n) is 30.8. The quantitative estimate of drug-likeness (QED) is 0.0973. The molecule has 0 amide bonds. The van der Waals surface area contributed by atoms with Crippen molar-refractivity contribution < 1.29 is 42.4 Å². The van der Waals surface area contributed by atoms with Gasteiger partial charge >= 0.3 is 17.6 Å². The molecular formula is C38H49N2O11PS. The highest BCUT2D eigenvalue weighted by molar-refractivity contribution is 7.79. The van der Waals surface area contributed by atoms with Crippen LogP contribution in [-0.2, 0) is 39.4 Å². The largest absolute Gasteiger partial charge is 0.452 e.